The van der Waals surface area contributed by atoms with E-state index in [2.05, 4.69) is 9.97 Å². The van der Waals surface area contributed by atoms with Crippen LogP contribution in [0.2, 0.25) is 5.02 Å². The lowest BCUT2D eigenvalue weighted by atomic mass is 10.1. The molecule has 4 nitrogen and oxygen atoms in total. The van der Waals surface area contributed by atoms with E-state index in [0.29, 0.717) is 17.2 Å². The number of halogens is 4. The fourth-order valence-electron chi connectivity index (χ4n) is 2.66. The van der Waals surface area contributed by atoms with Gasteiger partial charge in [0.25, 0.3) is 0 Å². The summed E-state index contributed by atoms with van der Waals surface area (Å²) in [5.74, 6) is 0.857. The highest BCUT2D eigenvalue weighted by molar-refractivity contribution is 6.35. The lowest BCUT2D eigenvalue weighted by molar-refractivity contribution is -0.137. The molecule has 8 heteroatoms. The largest absolute Gasteiger partial charge is 0.416 e. The molecular weight excluding hydrogens is 367 g/mol. The third kappa shape index (κ3) is 3.98. The van der Waals surface area contributed by atoms with Crippen molar-refractivity contribution in [1.29, 1.82) is 0 Å². The zero-order valence-electron chi connectivity index (χ0n) is 14.3. The van der Waals surface area contributed by atoms with Crippen LogP contribution in [0.1, 0.15) is 53.1 Å². The van der Waals surface area contributed by atoms with Gasteiger partial charge in [-0.3, -0.25) is 4.79 Å². The summed E-state index contributed by atoms with van der Waals surface area (Å²) in [6.45, 7) is 1.55. The number of aromatic nitrogens is 2. The van der Waals surface area contributed by atoms with Crippen LogP contribution in [-0.4, -0.2) is 22.8 Å². The number of hydrogen-bond acceptors (Lipinski definition) is 4. The lowest BCUT2D eigenvalue weighted by Crippen LogP contribution is -2.21. The molecule has 1 aromatic heterocycles. The molecule has 1 aliphatic rings. The average molecular weight is 384 g/mol. The van der Waals surface area contributed by atoms with Crippen molar-refractivity contribution >= 4 is 23.2 Å². The Bertz CT molecular complexity index is 850. The summed E-state index contributed by atoms with van der Waals surface area (Å²) >= 11 is 6.30. The van der Waals surface area contributed by atoms with E-state index >= 15 is 0 Å². The molecule has 0 atom stereocenters. The van der Waals surface area contributed by atoms with E-state index in [4.69, 9.17) is 11.6 Å². The molecule has 0 bridgehead atoms. The van der Waals surface area contributed by atoms with Gasteiger partial charge in [0.05, 0.1) is 5.56 Å². The summed E-state index contributed by atoms with van der Waals surface area (Å²) in [5.41, 5.74) is -0.0934. The van der Waals surface area contributed by atoms with Gasteiger partial charge in [0.1, 0.15) is 16.5 Å². The van der Waals surface area contributed by atoms with Gasteiger partial charge in [0.15, 0.2) is 11.6 Å². The third-order valence-corrected chi connectivity index (χ3v) is 4.51. The Morgan fingerprint density at radius 1 is 1.31 bits per heavy atom. The highest BCUT2D eigenvalue weighted by Gasteiger charge is 2.31. The van der Waals surface area contributed by atoms with Crippen LogP contribution in [0.5, 0.6) is 0 Å². The van der Waals surface area contributed by atoms with Gasteiger partial charge in [-0.05, 0) is 30.5 Å². The molecular formula is C18H17ClF3N3O. The first-order valence-electron chi connectivity index (χ1n) is 8.12. The van der Waals surface area contributed by atoms with Crippen molar-refractivity contribution in [3.05, 3.63) is 51.9 Å². The Balaban J connectivity index is 1.92. The van der Waals surface area contributed by atoms with Gasteiger partial charge in [-0.2, -0.15) is 13.2 Å². The molecule has 2 aromatic rings. The summed E-state index contributed by atoms with van der Waals surface area (Å²) in [7, 11) is 1.68. The number of rotatable bonds is 5. The maximum Gasteiger partial charge on any atom is 0.416 e. The van der Waals surface area contributed by atoms with Crippen LogP contribution in [-0.2, 0) is 12.7 Å². The SMILES string of the molecule is CC(=O)c1nc(C2CC2)nc(N(C)Cc2cccc(C(F)(F)F)c2)c1Cl. The van der Waals surface area contributed by atoms with Crippen molar-refractivity contribution < 1.29 is 18.0 Å². The van der Waals surface area contributed by atoms with Crippen molar-refractivity contribution in [3.8, 4) is 0 Å². The lowest BCUT2D eigenvalue weighted by Gasteiger charge is -2.21. The standard InChI is InChI=1S/C18H17ClF3N3O/c1-10(26)15-14(19)17(24-16(23-15)12-6-7-12)25(2)9-11-4-3-5-13(8-11)18(20,21)22/h3-5,8,12H,6-7,9H2,1-2H3. The maximum absolute atomic E-state index is 12.9. The number of alkyl halides is 3. The molecule has 0 amide bonds. The predicted molar refractivity (Wildman–Crippen MR) is 92.6 cm³/mol. The van der Waals surface area contributed by atoms with E-state index in [1.54, 1.807) is 18.0 Å². The third-order valence-electron chi connectivity index (χ3n) is 4.16. The van der Waals surface area contributed by atoms with Crippen LogP contribution in [0.3, 0.4) is 0 Å². The molecule has 1 fully saturated rings. The van der Waals surface area contributed by atoms with Crippen molar-refractivity contribution in [2.75, 3.05) is 11.9 Å². The molecule has 1 aromatic carbocycles. The second-order valence-corrected chi connectivity index (χ2v) is 6.83. The Hall–Kier alpha value is -2.15. The minimum absolute atomic E-state index is 0.122. The molecule has 0 N–H and O–H groups in total. The first-order valence-corrected chi connectivity index (χ1v) is 8.50. The van der Waals surface area contributed by atoms with Crippen molar-refractivity contribution in [1.82, 2.24) is 9.97 Å². The first kappa shape index (κ1) is 18.6. The molecule has 0 saturated heterocycles. The molecule has 1 aliphatic carbocycles. The summed E-state index contributed by atoms with van der Waals surface area (Å²) < 4.78 is 38.7. The van der Waals surface area contributed by atoms with Crippen LogP contribution in [0.15, 0.2) is 24.3 Å². The Morgan fingerprint density at radius 2 is 2.00 bits per heavy atom. The number of anilines is 1. The van der Waals surface area contributed by atoms with Crippen LogP contribution in [0.4, 0.5) is 19.0 Å². The van der Waals surface area contributed by atoms with E-state index in [0.717, 1.165) is 25.0 Å². The second kappa shape index (κ2) is 6.87. The molecule has 0 aliphatic heterocycles. The van der Waals surface area contributed by atoms with Crippen LogP contribution in [0, 0.1) is 0 Å². The Morgan fingerprint density at radius 3 is 2.58 bits per heavy atom. The maximum atomic E-state index is 12.9. The van der Waals surface area contributed by atoms with E-state index in [1.165, 1.54) is 13.0 Å². The van der Waals surface area contributed by atoms with Gasteiger partial charge in [0, 0.05) is 26.4 Å². The van der Waals surface area contributed by atoms with Gasteiger partial charge < -0.3 is 4.90 Å². The van der Waals surface area contributed by atoms with E-state index in [9.17, 15) is 18.0 Å². The highest BCUT2D eigenvalue weighted by atomic mass is 35.5. The smallest absolute Gasteiger partial charge is 0.354 e. The van der Waals surface area contributed by atoms with E-state index in [1.807, 2.05) is 0 Å². The Labute approximate surface area is 154 Å². The monoisotopic (exact) mass is 383 g/mol. The number of carbonyl (C=O) groups is 1. The van der Waals surface area contributed by atoms with Crippen molar-refractivity contribution in [2.45, 2.75) is 38.4 Å². The van der Waals surface area contributed by atoms with Gasteiger partial charge in [-0.25, -0.2) is 9.97 Å². The fourth-order valence-corrected chi connectivity index (χ4v) is 3.02. The molecule has 0 unspecified atom stereocenters. The van der Waals surface area contributed by atoms with Gasteiger partial charge in [0.2, 0.25) is 0 Å². The van der Waals surface area contributed by atoms with Crippen LogP contribution in [0.25, 0.3) is 0 Å². The summed E-state index contributed by atoms with van der Waals surface area (Å²) in [5, 5.41) is 0.122. The molecule has 1 saturated carbocycles. The van der Waals surface area contributed by atoms with Gasteiger partial charge >= 0.3 is 6.18 Å². The number of hydrogen-bond donors (Lipinski definition) is 0. The molecule has 0 spiro atoms. The van der Waals surface area contributed by atoms with Crippen molar-refractivity contribution in [3.63, 3.8) is 0 Å². The summed E-state index contributed by atoms with van der Waals surface area (Å²) in [6, 6.07) is 5.10. The molecule has 1 heterocycles. The molecule has 0 radical (unpaired) electrons. The molecule has 3 rings (SSSR count). The summed E-state index contributed by atoms with van der Waals surface area (Å²) in [4.78, 5) is 22.2. The van der Waals surface area contributed by atoms with E-state index in [-0.39, 0.29) is 29.0 Å². The molecule has 26 heavy (non-hydrogen) atoms. The molecule has 138 valence electrons. The number of benzene rings is 1. The zero-order valence-corrected chi connectivity index (χ0v) is 15.0. The van der Waals surface area contributed by atoms with Crippen LogP contribution < -0.4 is 4.90 Å². The number of carbonyl (C=O) groups excluding carboxylic acids is 1. The van der Waals surface area contributed by atoms with Crippen molar-refractivity contribution in [2.24, 2.45) is 0 Å². The highest BCUT2D eigenvalue weighted by Crippen LogP contribution is 2.40. The van der Waals surface area contributed by atoms with E-state index < -0.39 is 11.7 Å². The Kier molecular flexibility index (Phi) is 4.92. The first-order chi connectivity index (χ1) is 12.2. The topological polar surface area (TPSA) is 46.1 Å². The number of ketones is 1. The number of nitrogens with zero attached hydrogens (tertiary/aromatic N) is 3. The van der Waals surface area contributed by atoms with Crippen LogP contribution >= 0.6 is 11.6 Å². The minimum Gasteiger partial charge on any atom is -0.354 e. The normalized spacial score (nSPS) is 14.4. The average Bonchev–Trinajstić information content (AvgIpc) is 3.39. The fraction of sp³-hybridized carbons (Fsp3) is 0.389. The van der Waals surface area contributed by atoms with Gasteiger partial charge in [-0.15, -0.1) is 0 Å². The minimum atomic E-state index is -4.40. The quantitative estimate of drug-likeness (QED) is 0.691. The predicted octanol–water partition coefficient (Wildman–Crippen LogP) is 4.87. The number of Topliss-reactive ketones (excluding diaryl/α,β-unsaturated/α-hetero) is 1. The second-order valence-electron chi connectivity index (χ2n) is 6.45. The van der Waals surface area contributed by atoms with Gasteiger partial charge in [-0.1, -0.05) is 23.7 Å². The zero-order chi connectivity index (χ0) is 19.1. The summed E-state index contributed by atoms with van der Waals surface area (Å²) in [6.07, 6.45) is -2.49.